The van der Waals surface area contributed by atoms with E-state index < -0.39 is 5.41 Å². The van der Waals surface area contributed by atoms with E-state index in [-0.39, 0.29) is 11.8 Å². The molecule has 1 fully saturated rings. The van der Waals surface area contributed by atoms with Crippen LogP contribution in [-0.2, 0) is 16.0 Å². The third kappa shape index (κ3) is 4.84. The van der Waals surface area contributed by atoms with Gasteiger partial charge in [-0.05, 0) is 48.4 Å². The first-order valence-electron chi connectivity index (χ1n) is 10.4. The van der Waals surface area contributed by atoms with E-state index in [2.05, 4.69) is 23.2 Å². The quantitative estimate of drug-likeness (QED) is 0.750. The van der Waals surface area contributed by atoms with E-state index >= 15 is 0 Å². The lowest BCUT2D eigenvalue weighted by atomic mass is 9.73. The lowest BCUT2D eigenvalue weighted by molar-refractivity contribution is -0.147. The summed E-state index contributed by atoms with van der Waals surface area (Å²) in [6.07, 6.45) is 7.29. The van der Waals surface area contributed by atoms with Crippen LogP contribution in [-0.4, -0.2) is 53.8 Å². The number of carbonyl (C=O) groups is 2. The Hall–Kier alpha value is -2.69. The smallest absolute Gasteiger partial charge is 0.230 e. The topological polar surface area (TPSA) is 53.5 Å². The third-order valence-electron chi connectivity index (χ3n) is 5.72. The van der Waals surface area contributed by atoms with Gasteiger partial charge in [-0.15, -0.1) is 0 Å². The molecular formula is C24H31N3O2. The number of aromatic nitrogens is 1. The van der Waals surface area contributed by atoms with Gasteiger partial charge >= 0.3 is 0 Å². The predicted octanol–water partition coefficient (Wildman–Crippen LogP) is 3.79. The van der Waals surface area contributed by atoms with Gasteiger partial charge in [0, 0.05) is 46.0 Å². The standard InChI is InChI=1S/C24H31N3O2/c1-4-8-22(28)27-14-7-12-24(18-27,23(29)26(2)3)16-19-9-5-10-20(15-19)21-11-6-13-25-17-21/h5-6,9-11,13,15,17H,4,7-8,12,14,16,18H2,1-3H3/t24-/m0/s1. The SMILES string of the molecule is CCCC(=O)N1CCC[C@@](Cc2cccc(-c3cccnc3)c2)(C(=O)N(C)C)C1. The molecule has 0 bridgehead atoms. The Morgan fingerprint density at radius 3 is 2.66 bits per heavy atom. The predicted molar refractivity (Wildman–Crippen MR) is 115 cm³/mol. The molecule has 2 heterocycles. The summed E-state index contributed by atoms with van der Waals surface area (Å²) in [6.45, 7) is 3.26. The molecule has 0 spiro atoms. The van der Waals surface area contributed by atoms with Crippen LogP contribution in [0.1, 0.15) is 38.2 Å². The van der Waals surface area contributed by atoms with Crippen molar-refractivity contribution in [2.75, 3.05) is 27.2 Å². The van der Waals surface area contributed by atoms with Gasteiger partial charge in [0.05, 0.1) is 5.41 Å². The average molecular weight is 394 g/mol. The molecule has 1 aromatic carbocycles. The lowest BCUT2D eigenvalue weighted by Gasteiger charge is -2.43. The van der Waals surface area contributed by atoms with Crippen LogP contribution in [0.4, 0.5) is 0 Å². The summed E-state index contributed by atoms with van der Waals surface area (Å²) < 4.78 is 0. The zero-order valence-corrected chi connectivity index (χ0v) is 17.7. The van der Waals surface area contributed by atoms with Crippen molar-refractivity contribution >= 4 is 11.8 Å². The fourth-order valence-electron chi connectivity index (χ4n) is 4.37. The molecule has 0 unspecified atom stereocenters. The molecule has 0 aliphatic carbocycles. The number of rotatable bonds is 6. The van der Waals surface area contributed by atoms with Gasteiger partial charge in [-0.3, -0.25) is 14.6 Å². The molecule has 1 aliphatic heterocycles. The first-order chi connectivity index (χ1) is 13.9. The van der Waals surface area contributed by atoms with E-state index in [9.17, 15) is 9.59 Å². The van der Waals surface area contributed by atoms with Gasteiger partial charge in [0.15, 0.2) is 0 Å². The maximum Gasteiger partial charge on any atom is 0.230 e. The molecule has 0 radical (unpaired) electrons. The minimum atomic E-state index is -0.571. The largest absolute Gasteiger partial charge is 0.348 e. The van der Waals surface area contributed by atoms with Crippen LogP contribution < -0.4 is 0 Å². The van der Waals surface area contributed by atoms with Gasteiger partial charge in [0.2, 0.25) is 11.8 Å². The van der Waals surface area contributed by atoms with E-state index in [0.717, 1.165) is 42.5 Å². The van der Waals surface area contributed by atoms with E-state index in [1.54, 1.807) is 11.1 Å². The number of benzene rings is 1. The molecule has 0 saturated carbocycles. The number of hydrogen-bond acceptors (Lipinski definition) is 3. The molecule has 154 valence electrons. The van der Waals surface area contributed by atoms with Crippen LogP contribution in [0.2, 0.25) is 0 Å². The zero-order valence-electron chi connectivity index (χ0n) is 17.7. The van der Waals surface area contributed by atoms with Gasteiger partial charge in [-0.2, -0.15) is 0 Å². The lowest BCUT2D eigenvalue weighted by Crippen LogP contribution is -2.54. The Morgan fingerprint density at radius 1 is 1.17 bits per heavy atom. The van der Waals surface area contributed by atoms with E-state index in [4.69, 9.17) is 0 Å². The fraction of sp³-hybridized carbons (Fsp3) is 0.458. The monoisotopic (exact) mass is 393 g/mol. The van der Waals surface area contributed by atoms with Gasteiger partial charge in [-0.25, -0.2) is 0 Å². The van der Waals surface area contributed by atoms with Crippen molar-refractivity contribution in [1.82, 2.24) is 14.8 Å². The summed E-state index contributed by atoms with van der Waals surface area (Å²) in [6, 6.07) is 12.3. The van der Waals surface area contributed by atoms with Crippen molar-refractivity contribution in [3.05, 3.63) is 54.4 Å². The zero-order chi connectivity index (χ0) is 20.9. The van der Waals surface area contributed by atoms with E-state index in [1.807, 2.05) is 50.3 Å². The highest BCUT2D eigenvalue weighted by molar-refractivity contribution is 5.85. The normalized spacial score (nSPS) is 19.1. The second kappa shape index (κ2) is 9.21. The number of nitrogens with zero attached hydrogens (tertiary/aromatic N) is 3. The minimum Gasteiger partial charge on any atom is -0.348 e. The highest BCUT2D eigenvalue weighted by Gasteiger charge is 2.44. The Kier molecular flexibility index (Phi) is 6.68. The summed E-state index contributed by atoms with van der Waals surface area (Å²) in [4.78, 5) is 33.6. The molecule has 5 heteroatoms. The summed E-state index contributed by atoms with van der Waals surface area (Å²) in [5, 5.41) is 0. The first-order valence-corrected chi connectivity index (χ1v) is 10.4. The molecule has 1 aliphatic rings. The van der Waals surface area contributed by atoms with Crippen molar-refractivity contribution in [3.63, 3.8) is 0 Å². The van der Waals surface area contributed by atoms with Gasteiger partial charge < -0.3 is 9.80 Å². The molecule has 2 amide bonds. The van der Waals surface area contributed by atoms with Gasteiger partial charge in [0.1, 0.15) is 0 Å². The Balaban J connectivity index is 1.90. The Bertz CT molecular complexity index is 850. The average Bonchev–Trinajstić information content (AvgIpc) is 2.74. The van der Waals surface area contributed by atoms with Crippen molar-refractivity contribution in [2.45, 2.75) is 39.0 Å². The number of carbonyl (C=O) groups excluding carboxylic acids is 2. The van der Waals surface area contributed by atoms with Crippen LogP contribution in [0.15, 0.2) is 48.8 Å². The van der Waals surface area contributed by atoms with E-state index in [1.165, 1.54) is 0 Å². The maximum absolute atomic E-state index is 13.3. The summed E-state index contributed by atoms with van der Waals surface area (Å²) in [5.41, 5.74) is 2.70. The summed E-state index contributed by atoms with van der Waals surface area (Å²) in [7, 11) is 3.62. The second-order valence-corrected chi connectivity index (χ2v) is 8.27. The summed E-state index contributed by atoms with van der Waals surface area (Å²) in [5.74, 6) is 0.269. The second-order valence-electron chi connectivity index (χ2n) is 8.27. The molecule has 29 heavy (non-hydrogen) atoms. The Morgan fingerprint density at radius 2 is 1.97 bits per heavy atom. The molecule has 5 nitrogen and oxygen atoms in total. The first kappa shape index (κ1) is 21.0. The van der Waals surface area contributed by atoms with Crippen LogP contribution in [0.25, 0.3) is 11.1 Å². The number of pyridine rings is 1. The van der Waals surface area contributed by atoms with Crippen molar-refractivity contribution in [1.29, 1.82) is 0 Å². The Labute approximate surface area is 173 Å². The van der Waals surface area contributed by atoms with Crippen LogP contribution >= 0.6 is 0 Å². The van der Waals surface area contributed by atoms with Crippen LogP contribution in [0.3, 0.4) is 0 Å². The maximum atomic E-state index is 13.3. The molecule has 0 N–H and O–H groups in total. The number of likely N-dealkylation sites (tertiary alicyclic amines) is 1. The molecule has 1 saturated heterocycles. The minimum absolute atomic E-state index is 0.110. The van der Waals surface area contributed by atoms with Crippen LogP contribution in [0, 0.1) is 5.41 Å². The van der Waals surface area contributed by atoms with Gasteiger partial charge in [-0.1, -0.05) is 37.3 Å². The number of amides is 2. The van der Waals surface area contributed by atoms with Crippen molar-refractivity contribution in [3.8, 4) is 11.1 Å². The van der Waals surface area contributed by atoms with Crippen molar-refractivity contribution in [2.24, 2.45) is 5.41 Å². The van der Waals surface area contributed by atoms with E-state index in [0.29, 0.717) is 19.4 Å². The fourth-order valence-corrected chi connectivity index (χ4v) is 4.37. The molecule has 2 aromatic rings. The molecular weight excluding hydrogens is 362 g/mol. The van der Waals surface area contributed by atoms with Crippen LogP contribution in [0.5, 0.6) is 0 Å². The molecule has 1 atom stereocenters. The number of hydrogen-bond donors (Lipinski definition) is 0. The highest BCUT2D eigenvalue weighted by Crippen LogP contribution is 2.36. The number of piperidine rings is 1. The third-order valence-corrected chi connectivity index (χ3v) is 5.72. The highest BCUT2D eigenvalue weighted by atomic mass is 16.2. The summed E-state index contributed by atoms with van der Waals surface area (Å²) >= 11 is 0. The van der Waals surface area contributed by atoms with Gasteiger partial charge in [0.25, 0.3) is 0 Å². The molecule has 3 rings (SSSR count). The van der Waals surface area contributed by atoms with Crippen molar-refractivity contribution < 1.29 is 9.59 Å². The molecule has 1 aromatic heterocycles.